The number of halogens is 2. The monoisotopic (exact) mass is 399 g/mol. The van der Waals surface area contributed by atoms with E-state index in [9.17, 15) is 13.6 Å². The summed E-state index contributed by atoms with van der Waals surface area (Å²) in [6.45, 7) is 3.12. The second-order valence-electron chi connectivity index (χ2n) is 7.56. The average molecular weight is 399 g/mol. The molecular weight excluding hydrogens is 376 g/mol. The van der Waals surface area contributed by atoms with Crippen LogP contribution < -0.4 is 15.8 Å². The van der Waals surface area contributed by atoms with Crippen molar-refractivity contribution in [2.75, 3.05) is 13.2 Å². The first kappa shape index (κ1) is 19.4. The van der Waals surface area contributed by atoms with Crippen LogP contribution in [-0.4, -0.2) is 30.1 Å². The van der Waals surface area contributed by atoms with Crippen LogP contribution in [0.25, 0.3) is 10.9 Å². The minimum Gasteiger partial charge on any atom is -0.489 e. The lowest BCUT2D eigenvalue weighted by atomic mass is 9.95. The summed E-state index contributed by atoms with van der Waals surface area (Å²) in [4.78, 5) is 14.8. The van der Waals surface area contributed by atoms with Gasteiger partial charge in [0.1, 0.15) is 12.4 Å². The summed E-state index contributed by atoms with van der Waals surface area (Å²) in [7, 11) is 0. The van der Waals surface area contributed by atoms with E-state index in [-0.39, 0.29) is 23.5 Å². The molecule has 1 aromatic heterocycles. The van der Waals surface area contributed by atoms with Crippen molar-refractivity contribution in [1.29, 1.82) is 0 Å². The van der Waals surface area contributed by atoms with Crippen LogP contribution >= 0.6 is 0 Å². The molecule has 0 radical (unpaired) electrons. The quantitative estimate of drug-likeness (QED) is 0.592. The number of fused-ring (bicyclic) bond motifs is 2. The first-order valence-electron chi connectivity index (χ1n) is 9.68. The van der Waals surface area contributed by atoms with E-state index in [4.69, 9.17) is 10.5 Å². The highest BCUT2D eigenvalue weighted by atomic mass is 19.1. The van der Waals surface area contributed by atoms with Crippen LogP contribution in [0, 0.1) is 11.6 Å². The maximum atomic E-state index is 14.0. The van der Waals surface area contributed by atoms with Gasteiger partial charge < -0.3 is 20.8 Å². The molecule has 4 N–H and O–H groups in total. The maximum Gasteiger partial charge on any atom is 0.249 e. The Morgan fingerprint density at radius 1 is 1.34 bits per heavy atom. The molecule has 0 aliphatic carbocycles. The fourth-order valence-corrected chi connectivity index (χ4v) is 3.99. The van der Waals surface area contributed by atoms with E-state index in [0.29, 0.717) is 30.7 Å². The number of benzene rings is 2. The van der Waals surface area contributed by atoms with Gasteiger partial charge in [0.2, 0.25) is 5.91 Å². The van der Waals surface area contributed by atoms with Crippen molar-refractivity contribution >= 4 is 16.8 Å². The van der Waals surface area contributed by atoms with E-state index in [1.54, 1.807) is 12.1 Å². The lowest BCUT2D eigenvalue weighted by Crippen LogP contribution is -2.41. The third-order valence-corrected chi connectivity index (χ3v) is 5.57. The van der Waals surface area contributed by atoms with E-state index in [1.807, 2.05) is 6.20 Å². The largest absolute Gasteiger partial charge is 0.489 e. The van der Waals surface area contributed by atoms with Crippen LogP contribution in [0.5, 0.6) is 5.75 Å². The Hall–Kier alpha value is -2.93. The molecule has 0 spiro atoms. The Morgan fingerprint density at radius 2 is 2.17 bits per heavy atom. The molecule has 0 bridgehead atoms. The predicted octanol–water partition coefficient (Wildman–Crippen LogP) is 3.63. The van der Waals surface area contributed by atoms with Gasteiger partial charge in [-0.05, 0) is 61.2 Å². The van der Waals surface area contributed by atoms with Gasteiger partial charge in [-0.2, -0.15) is 0 Å². The highest BCUT2D eigenvalue weighted by Crippen LogP contribution is 2.31. The van der Waals surface area contributed by atoms with E-state index in [1.165, 1.54) is 18.2 Å². The number of ether oxygens (including phenoxy) is 1. The van der Waals surface area contributed by atoms with Crippen molar-refractivity contribution in [2.24, 2.45) is 5.73 Å². The summed E-state index contributed by atoms with van der Waals surface area (Å²) in [5.74, 6) is -0.990. The fraction of sp³-hybridized carbons (Fsp3) is 0.318. The van der Waals surface area contributed by atoms with Gasteiger partial charge in [-0.15, -0.1) is 0 Å². The van der Waals surface area contributed by atoms with Crippen LogP contribution in [0.3, 0.4) is 0 Å². The summed E-state index contributed by atoms with van der Waals surface area (Å²) < 4.78 is 33.1. The molecule has 0 fully saturated rings. The number of rotatable bonds is 6. The predicted molar refractivity (Wildman–Crippen MR) is 107 cm³/mol. The van der Waals surface area contributed by atoms with Crippen LogP contribution in [0.2, 0.25) is 0 Å². The number of aromatic nitrogens is 1. The van der Waals surface area contributed by atoms with E-state index < -0.39 is 11.7 Å². The Bertz CT molecular complexity index is 1060. The summed E-state index contributed by atoms with van der Waals surface area (Å²) >= 11 is 0. The van der Waals surface area contributed by atoms with Gasteiger partial charge in [-0.1, -0.05) is 6.92 Å². The van der Waals surface area contributed by atoms with Crippen LogP contribution in [-0.2, 0) is 6.42 Å². The Morgan fingerprint density at radius 3 is 2.97 bits per heavy atom. The lowest BCUT2D eigenvalue weighted by Gasteiger charge is -2.28. The zero-order valence-electron chi connectivity index (χ0n) is 16.1. The molecule has 4 rings (SSSR count). The number of nitrogens with two attached hydrogens (primary N) is 1. The lowest BCUT2D eigenvalue weighted by molar-refractivity contribution is 0.0997. The highest BCUT2D eigenvalue weighted by Gasteiger charge is 2.26. The Balaban J connectivity index is 1.40. The van der Waals surface area contributed by atoms with Crippen LogP contribution in [0.1, 0.15) is 40.7 Å². The number of nitrogens with one attached hydrogen (secondary N) is 2. The average Bonchev–Trinajstić information content (AvgIpc) is 3.11. The van der Waals surface area contributed by atoms with Crippen LogP contribution in [0.4, 0.5) is 8.78 Å². The third-order valence-electron chi connectivity index (χ3n) is 5.57. The smallest absolute Gasteiger partial charge is 0.249 e. The number of aromatic amines is 1. The van der Waals surface area contributed by atoms with Crippen molar-refractivity contribution < 1.29 is 18.3 Å². The van der Waals surface area contributed by atoms with Crippen molar-refractivity contribution in [3.8, 4) is 5.75 Å². The number of carbonyl (C=O) groups is 1. The molecule has 2 aromatic carbocycles. The Labute approximate surface area is 167 Å². The highest BCUT2D eigenvalue weighted by molar-refractivity contribution is 5.95. The molecule has 29 heavy (non-hydrogen) atoms. The number of amides is 1. The minimum absolute atomic E-state index is 0.0463. The standard InChI is InChI=1S/C22H23F2N3O2/c1-12(18-10-27-20-5-2-13(23)8-16(18)20)6-7-26-14-9-17-15(22(25)28)3-4-19(24)21(17)29-11-14/h2-5,8,10,12,14,26-27H,6-7,9,11H2,1H3,(H2,25,28)/t12?,14-/m1/s1. The second kappa shape index (κ2) is 7.83. The number of primary amides is 1. The van der Waals surface area contributed by atoms with E-state index >= 15 is 0 Å². The van der Waals surface area contributed by atoms with Gasteiger partial charge in [-0.25, -0.2) is 8.78 Å². The maximum absolute atomic E-state index is 14.0. The molecule has 152 valence electrons. The van der Waals surface area contributed by atoms with Crippen molar-refractivity contribution in [1.82, 2.24) is 10.3 Å². The first-order valence-corrected chi connectivity index (χ1v) is 9.68. The zero-order chi connectivity index (χ0) is 20.5. The van der Waals surface area contributed by atoms with Crippen molar-refractivity contribution in [3.63, 3.8) is 0 Å². The molecule has 1 aliphatic rings. The minimum atomic E-state index is -0.592. The summed E-state index contributed by atoms with van der Waals surface area (Å²) in [6.07, 6.45) is 3.23. The van der Waals surface area contributed by atoms with Crippen molar-refractivity contribution in [2.45, 2.75) is 31.7 Å². The first-order chi connectivity index (χ1) is 13.9. The topological polar surface area (TPSA) is 80.1 Å². The molecule has 1 amide bonds. The second-order valence-corrected chi connectivity index (χ2v) is 7.56. The van der Waals surface area contributed by atoms with Gasteiger partial charge >= 0.3 is 0 Å². The number of hydrogen-bond acceptors (Lipinski definition) is 3. The Kier molecular flexibility index (Phi) is 5.24. The molecule has 0 saturated heterocycles. The number of carbonyl (C=O) groups excluding carboxylic acids is 1. The van der Waals surface area contributed by atoms with E-state index in [2.05, 4.69) is 17.2 Å². The third kappa shape index (κ3) is 3.82. The SMILES string of the molecule is CC(CCN[C@H]1COc2c(F)ccc(C(N)=O)c2C1)c1c[nH]c2ccc(F)cc12. The van der Waals surface area contributed by atoms with Gasteiger partial charge in [-0.3, -0.25) is 4.79 Å². The molecule has 2 heterocycles. The molecule has 0 saturated carbocycles. The molecule has 1 unspecified atom stereocenters. The summed E-state index contributed by atoms with van der Waals surface area (Å²) in [6, 6.07) is 7.30. The zero-order valence-corrected chi connectivity index (χ0v) is 16.1. The van der Waals surface area contributed by atoms with E-state index in [0.717, 1.165) is 22.9 Å². The fourth-order valence-electron chi connectivity index (χ4n) is 3.99. The van der Waals surface area contributed by atoms with Gasteiger partial charge in [0.05, 0.1) is 0 Å². The van der Waals surface area contributed by atoms with Gasteiger partial charge in [0, 0.05) is 34.3 Å². The summed E-state index contributed by atoms with van der Waals surface area (Å²) in [5, 5.41) is 4.31. The molecular formula is C22H23F2N3O2. The van der Waals surface area contributed by atoms with Gasteiger partial charge in [0.25, 0.3) is 0 Å². The molecule has 1 aliphatic heterocycles. The normalized spacial score (nSPS) is 17.0. The summed E-state index contributed by atoms with van der Waals surface area (Å²) in [5.41, 5.74) is 8.22. The van der Waals surface area contributed by atoms with Gasteiger partial charge in [0.15, 0.2) is 11.6 Å². The molecule has 2 atom stereocenters. The molecule has 5 nitrogen and oxygen atoms in total. The van der Waals surface area contributed by atoms with Crippen molar-refractivity contribution in [3.05, 3.63) is 64.9 Å². The molecule has 7 heteroatoms. The van der Waals surface area contributed by atoms with Crippen LogP contribution in [0.15, 0.2) is 36.5 Å². The molecule has 3 aromatic rings. The number of H-pyrrole nitrogens is 1. The number of hydrogen-bond donors (Lipinski definition) is 3.